The summed E-state index contributed by atoms with van der Waals surface area (Å²) < 4.78 is 0. The summed E-state index contributed by atoms with van der Waals surface area (Å²) in [5.41, 5.74) is 5.00. The van der Waals surface area contributed by atoms with Crippen LogP contribution in [0.3, 0.4) is 0 Å². The zero-order valence-corrected chi connectivity index (χ0v) is 12.7. The fourth-order valence-electron chi connectivity index (χ4n) is 2.96. The van der Waals surface area contributed by atoms with Gasteiger partial charge in [-0.2, -0.15) is 0 Å². The van der Waals surface area contributed by atoms with Crippen LogP contribution in [0.15, 0.2) is 0 Å². The average molecular weight is 312 g/mol. The summed E-state index contributed by atoms with van der Waals surface area (Å²) in [6.07, 6.45) is 1.01. The van der Waals surface area contributed by atoms with Crippen molar-refractivity contribution in [3.05, 3.63) is 0 Å². The highest BCUT2D eigenvalue weighted by atomic mass is 16.3. The van der Waals surface area contributed by atoms with Gasteiger partial charge >= 0.3 is 0 Å². The summed E-state index contributed by atoms with van der Waals surface area (Å²) in [5, 5.41) is 15.3. The standard InChI is InChI=1S/C14H24N4O4/c1-8(11(19)12(15)20)17-13(21)9-4-6-18(7-9)14(22)10-3-2-5-16-10/h8-11,16,19H,2-7H2,1H3,(H2,15,20)(H,17,21)/t8-,9?,10-,11+/m0/s1. The second kappa shape index (κ2) is 7.06. The first-order valence-electron chi connectivity index (χ1n) is 7.70. The summed E-state index contributed by atoms with van der Waals surface area (Å²) in [6, 6.07) is -0.872. The second-order valence-electron chi connectivity index (χ2n) is 6.06. The van der Waals surface area contributed by atoms with Crippen LogP contribution in [0, 0.1) is 5.92 Å². The van der Waals surface area contributed by atoms with Gasteiger partial charge in [-0.1, -0.05) is 0 Å². The third-order valence-corrected chi connectivity index (χ3v) is 4.36. The molecule has 5 N–H and O–H groups in total. The van der Waals surface area contributed by atoms with E-state index >= 15 is 0 Å². The third-order valence-electron chi connectivity index (χ3n) is 4.36. The first-order chi connectivity index (χ1) is 10.4. The molecule has 0 bridgehead atoms. The minimum Gasteiger partial charge on any atom is -0.381 e. The van der Waals surface area contributed by atoms with Crippen LogP contribution in [0.5, 0.6) is 0 Å². The molecule has 2 aliphatic rings. The van der Waals surface area contributed by atoms with Gasteiger partial charge in [0.2, 0.25) is 17.7 Å². The van der Waals surface area contributed by atoms with E-state index in [9.17, 15) is 19.5 Å². The maximum atomic E-state index is 12.3. The van der Waals surface area contributed by atoms with Gasteiger partial charge in [0.05, 0.1) is 18.0 Å². The number of carbonyl (C=O) groups is 3. The lowest BCUT2D eigenvalue weighted by atomic mass is 10.1. The largest absolute Gasteiger partial charge is 0.381 e. The number of likely N-dealkylation sites (tertiary alicyclic amines) is 1. The molecular weight excluding hydrogens is 288 g/mol. The zero-order valence-electron chi connectivity index (χ0n) is 12.7. The highest BCUT2D eigenvalue weighted by Crippen LogP contribution is 2.19. The zero-order chi connectivity index (χ0) is 16.3. The number of amides is 3. The van der Waals surface area contributed by atoms with Gasteiger partial charge in [0.15, 0.2) is 6.10 Å². The molecule has 0 spiro atoms. The highest BCUT2D eigenvalue weighted by molar-refractivity contribution is 5.86. The lowest BCUT2D eigenvalue weighted by Gasteiger charge is -2.22. The molecule has 1 unspecified atom stereocenters. The van der Waals surface area contributed by atoms with Crippen molar-refractivity contribution in [3.63, 3.8) is 0 Å². The predicted octanol–water partition coefficient (Wildman–Crippen LogP) is -2.06. The molecule has 8 nitrogen and oxygen atoms in total. The Bertz CT molecular complexity index is 450. The molecule has 2 fully saturated rings. The molecule has 0 aromatic rings. The van der Waals surface area contributed by atoms with Crippen molar-refractivity contribution in [1.29, 1.82) is 0 Å². The van der Waals surface area contributed by atoms with Gasteiger partial charge < -0.3 is 26.4 Å². The van der Waals surface area contributed by atoms with E-state index in [2.05, 4.69) is 10.6 Å². The molecule has 0 aromatic heterocycles. The number of hydrogen-bond acceptors (Lipinski definition) is 5. The van der Waals surface area contributed by atoms with Crippen LogP contribution in [0.2, 0.25) is 0 Å². The average Bonchev–Trinajstić information content (AvgIpc) is 3.16. The van der Waals surface area contributed by atoms with Crippen LogP contribution in [0.25, 0.3) is 0 Å². The van der Waals surface area contributed by atoms with E-state index in [1.165, 1.54) is 6.92 Å². The Morgan fingerprint density at radius 3 is 2.68 bits per heavy atom. The molecule has 3 amide bonds. The maximum Gasteiger partial charge on any atom is 0.248 e. The Morgan fingerprint density at radius 1 is 1.36 bits per heavy atom. The first kappa shape index (κ1) is 16.7. The van der Waals surface area contributed by atoms with Crippen LogP contribution in [0.4, 0.5) is 0 Å². The van der Waals surface area contributed by atoms with Crippen LogP contribution < -0.4 is 16.4 Å². The Labute approximate surface area is 129 Å². The monoisotopic (exact) mass is 312 g/mol. The fraction of sp³-hybridized carbons (Fsp3) is 0.786. The van der Waals surface area contributed by atoms with Gasteiger partial charge in [-0.25, -0.2) is 0 Å². The molecule has 8 heteroatoms. The molecule has 4 atom stereocenters. The third kappa shape index (κ3) is 3.75. The van der Waals surface area contributed by atoms with Gasteiger partial charge in [-0.05, 0) is 32.7 Å². The normalized spacial score (nSPS) is 27.5. The van der Waals surface area contributed by atoms with E-state index in [0.717, 1.165) is 19.4 Å². The molecule has 2 aliphatic heterocycles. The van der Waals surface area contributed by atoms with Crippen LogP contribution in [-0.4, -0.2) is 65.5 Å². The van der Waals surface area contributed by atoms with Crippen molar-refractivity contribution < 1.29 is 19.5 Å². The minimum absolute atomic E-state index is 0.0537. The number of primary amides is 1. The SMILES string of the molecule is C[C@H](NC(=O)C1CCN(C(=O)[C@@H]2CCCN2)C1)[C@@H](O)C(N)=O. The number of aliphatic hydroxyl groups is 1. The van der Waals surface area contributed by atoms with Crippen LogP contribution >= 0.6 is 0 Å². The highest BCUT2D eigenvalue weighted by Gasteiger charge is 2.35. The topological polar surface area (TPSA) is 125 Å². The number of carbonyl (C=O) groups excluding carboxylic acids is 3. The van der Waals surface area contributed by atoms with Crippen molar-refractivity contribution in [1.82, 2.24) is 15.5 Å². The van der Waals surface area contributed by atoms with Gasteiger partial charge in [-0.3, -0.25) is 14.4 Å². The smallest absolute Gasteiger partial charge is 0.248 e. The number of nitrogens with two attached hydrogens (primary N) is 1. The lowest BCUT2D eigenvalue weighted by Crippen LogP contribution is -2.49. The van der Waals surface area contributed by atoms with Crippen molar-refractivity contribution >= 4 is 17.7 Å². The number of aliphatic hydroxyl groups excluding tert-OH is 1. The van der Waals surface area contributed by atoms with E-state index in [1.54, 1.807) is 4.90 Å². The van der Waals surface area contributed by atoms with Gasteiger partial charge in [0, 0.05) is 13.1 Å². The predicted molar refractivity (Wildman–Crippen MR) is 78.5 cm³/mol. The van der Waals surface area contributed by atoms with Gasteiger partial charge in [0.1, 0.15) is 0 Å². The summed E-state index contributed by atoms with van der Waals surface area (Å²) in [7, 11) is 0. The molecule has 124 valence electrons. The van der Waals surface area contributed by atoms with Crippen molar-refractivity contribution in [2.45, 2.75) is 44.4 Å². The minimum atomic E-state index is -1.41. The summed E-state index contributed by atoms with van der Waals surface area (Å²) in [6.45, 7) is 3.31. The Morgan fingerprint density at radius 2 is 2.09 bits per heavy atom. The van der Waals surface area contributed by atoms with Crippen molar-refractivity contribution in [2.75, 3.05) is 19.6 Å². The Kier molecular flexibility index (Phi) is 5.36. The van der Waals surface area contributed by atoms with Gasteiger partial charge in [-0.15, -0.1) is 0 Å². The summed E-state index contributed by atoms with van der Waals surface area (Å²) in [4.78, 5) is 37.0. The van der Waals surface area contributed by atoms with Gasteiger partial charge in [0.25, 0.3) is 0 Å². The molecule has 22 heavy (non-hydrogen) atoms. The van der Waals surface area contributed by atoms with E-state index in [1.807, 2.05) is 0 Å². The summed E-state index contributed by atoms with van der Waals surface area (Å²) >= 11 is 0. The Hall–Kier alpha value is -1.67. The quantitative estimate of drug-likeness (QED) is 0.464. The molecule has 0 radical (unpaired) electrons. The van der Waals surface area contributed by atoms with Crippen LogP contribution in [0.1, 0.15) is 26.2 Å². The van der Waals surface area contributed by atoms with E-state index in [0.29, 0.717) is 19.5 Å². The lowest BCUT2D eigenvalue weighted by molar-refractivity contribution is -0.132. The summed E-state index contributed by atoms with van der Waals surface area (Å²) in [5.74, 6) is -1.39. The molecule has 2 saturated heterocycles. The molecular formula is C14H24N4O4. The number of hydrogen-bond donors (Lipinski definition) is 4. The first-order valence-corrected chi connectivity index (χ1v) is 7.70. The molecule has 0 aliphatic carbocycles. The molecule has 2 rings (SSSR count). The van der Waals surface area contributed by atoms with E-state index < -0.39 is 18.1 Å². The molecule has 2 heterocycles. The second-order valence-corrected chi connectivity index (χ2v) is 6.06. The van der Waals surface area contributed by atoms with Crippen molar-refractivity contribution in [3.8, 4) is 0 Å². The fourth-order valence-corrected chi connectivity index (χ4v) is 2.96. The Balaban J connectivity index is 1.83. The van der Waals surface area contributed by atoms with E-state index in [-0.39, 0.29) is 23.8 Å². The van der Waals surface area contributed by atoms with Crippen LogP contribution in [-0.2, 0) is 14.4 Å². The number of nitrogens with zero attached hydrogens (tertiary/aromatic N) is 1. The molecule has 0 aromatic carbocycles. The number of rotatable bonds is 5. The number of nitrogens with one attached hydrogen (secondary N) is 2. The molecule has 0 saturated carbocycles. The van der Waals surface area contributed by atoms with Crippen molar-refractivity contribution in [2.24, 2.45) is 11.7 Å². The maximum absolute atomic E-state index is 12.3. The van der Waals surface area contributed by atoms with E-state index in [4.69, 9.17) is 5.73 Å².